The summed E-state index contributed by atoms with van der Waals surface area (Å²) in [7, 11) is 0. The number of thiocarbonyl (C=S) groups is 1. The summed E-state index contributed by atoms with van der Waals surface area (Å²) < 4.78 is 0. The lowest BCUT2D eigenvalue weighted by Crippen LogP contribution is -2.32. The molecule has 4 rings (SSSR count). The summed E-state index contributed by atoms with van der Waals surface area (Å²) in [5, 5.41) is 9.09. The van der Waals surface area contributed by atoms with Crippen LogP contribution in [0.15, 0.2) is 66.2 Å². The minimum atomic E-state index is -0.0393. The molecule has 5 nitrogen and oxygen atoms in total. The molecule has 1 fully saturated rings. The van der Waals surface area contributed by atoms with Gasteiger partial charge in [-0.3, -0.25) is 9.78 Å². The second kappa shape index (κ2) is 8.71. The predicted molar refractivity (Wildman–Crippen MR) is 121 cm³/mol. The molecule has 3 aromatic rings. The maximum Gasteiger partial charge on any atom is 0.226 e. The Morgan fingerprint density at radius 3 is 2.72 bits per heavy atom. The van der Waals surface area contributed by atoms with E-state index in [2.05, 4.69) is 32.0 Å². The fourth-order valence-electron chi connectivity index (χ4n) is 3.50. The van der Waals surface area contributed by atoms with Gasteiger partial charge >= 0.3 is 0 Å². The van der Waals surface area contributed by atoms with Gasteiger partial charge in [-0.2, -0.15) is 0 Å². The summed E-state index contributed by atoms with van der Waals surface area (Å²) in [5.41, 5.74) is 2.92. The molecule has 2 atom stereocenters. The lowest BCUT2D eigenvalue weighted by atomic mass is 10.0. The van der Waals surface area contributed by atoms with Crippen molar-refractivity contribution < 1.29 is 4.79 Å². The molecule has 7 heteroatoms. The second-order valence-corrected chi connectivity index (χ2v) is 8.37. The van der Waals surface area contributed by atoms with Crippen molar-refractivity contribution in [2.45, 2.75) is 25.4 Å². The van der Waals surface area contributed by atoms with E-state index in [1.807, 2.05) is 55.5 Å². The number of amides is 1. The van der Waals surface area contributed by atoms with Crippen LogP contribution in [0.1, 0.15) is 34.6 Å². The third kappa shape index (κ3) is 4.46. The summed E-state index contributed by atoms with van der Waals surface area (Å²) in [6.07, 6.45) is 2.15. The van der Waals surface area contributed by atoms with E-state index in [-0.39, 0.29) is 18.0 Å². The predicted octanol–water partition coefficient (Wildman–Crippen LogP) is 4.45. The van der Waals surface area contributed by atoms with Gasteiger partial charge in [0, 0.05) is 29.7 Å². The van der Waals surface area contributed by atoms with E-state index in [0.29, 0.717) is 18.1 Å². The molecule has 2 aromatic heterocycles. The van der Waals surface area contributed by atoms with Crippen LogP contribution in [0.2, 0.25) is 0 Å². The Labute approximate surface area is 179 Å². The number of thiophene rings is 1. The number of rotatable bonds is 6. The lowest BCUT2D eigenvalue weighted by Gasteiger charge is -2.26. The van der Waals surface area contributed by atoms with Crippen molar-refractivity contribution in [1.82, 2.24) is 15.2 Å². The summed E-state index contributed by atoms with van der Waals surface area (Å²) in [6, 6.07) is 17.8. The fourth-order valence-corrected chi connectivity index (χ4v) is 4.70. The van der Waals surface area contributed by atoms with Crippen LogP contribution in [0.3, 0.4) is 0 Å². The molecular formula is C22H22N4OS2. The Morgan fingerprint density at radius 1 is 1.21 bits per heavy atom. The number of carbonyl (C=O) groups excluding carboxylic acids is 1. The molecule has 0 bridgehead atoms. The van der Waals surface area contributed by atoms with Crippen molar-refractivity contribution in [3.63, 3.8) is 0 Å². The monoisotopic (exact) mass is 422 g/mol. The SMILES string of the molecule is Cc1ccc(NC(=O)CCN2C(=S)N[C@@H](c3ccccn3)[C@@H]2c2cccs2)cc1. The number of benzene rings is 1. The van der Waals surface area contributed by atoms with Gasteiger partial charge in [0.1, 0.15) is 0 Å². The van der Waals surface area contributed by atoms with Crippen LogP contribution in [0, 0.1) is 6.92 Å². The first-order valence-corrected chi connectivity index (χ1v) is 10.8. The minimum absolute atomic E-state index is 0.0181. The van der Waals surface area contributed by atoms with Gasteiger partial charge in [0.25, 0.3) is 0 Å². The Kier molecular flexibility index (Phi) is 5.87. The third-order valence-electron chi connectivity index (χ3n) is 4.95. The van der Waals surface area contributed by atoms with Crippen molar-refractivity contribution in [2.24, 2.45) is 0 Å². The van der Waals surface area contributed by atoms with E-state index in [9.17, 15) is 4.79 Å². The largest absolute Gasteiger partial charge is 0.352 e. The van der Waals surface area contributed by atoms with Crippen molar-refractivity contribution in [1.29, 1.82) is 0 Å². The van der Waals surface area contributed by atoms with Gasteiger partial charge in [0.2, 0.25) is 5.91 Å². The molecule has 0 aliphatic carbocycles. The van der Waals surface area contributed by atoms with Gasteiger partial charge in [0.15, 0.2) is 5.11 Å². The van der Waals surface area contributed by atoms with Gasteiger partial charge in [-0.1, -0.05) is 29.8 Å². The zero-order chi connectivity index (χ0) is 20.2. The van der Waals surface area contributed by atoms with E-state index >= 15 is 0 Å². The molecule has 0 saturated carbocycles. The second-order valence-electron chi connectivity index (χ2n) is 7.00. The Morgan fingerprint density at radius 2 is 2.03 bits per heavy atom. The summed E-state index contributed by atoms with van der Waals surface area (Å²) in [4.78, 5) is 20.3. The molecule has 1 aromatic carbocycles. The number of nitrogens with one attached hydrogen (secondary N) is 2. The molecular weight excluding hydrogens is 400 g/mol. The number of aromatic nitrogens is 1. The van der Waals surface area contributed by atoms with Gasteiger partial charge in [-0.05, 0) is 54.9 Å². The molecule has 1 aliphatic heterocycles. The van der Waals surface area contributed by atoms with E-state index in [4.69, 9.17) is 12.2 Å². The highest BCUT2D eigenvalue weighted by molar-refractivity contribution is 7.80. The Balaban J connectivity index is 1.48. The molecule has 3 heterocycles. The first-order chi connectivity index (χ1) is 14.1. The van der Waals surface area contributed by atoms with Crippen molar-refractivity contribution >= 4 is 40.3 Å². The average molecular weight is 423 g/mol. The highest BCUT2D eigenvalue weighted by Gasteiger charge is 2.40. The lowest BCUT2D eigenvalue weighted by molar-refractivity contribution is -0.116. The van der Waals surface area contributed by atoms with Crippen LogP contribution < -0.4 is 10.6 Å². The van der Waals surface area contributed by atoms with Crippen LogP contribution >= 0.6 is 23.6 Å². The highest BCUT2D eigenvalue weighted by Crippen LogP contribution is 2.40. The topological polar surface area (TPSA) is 57.3 Å². The zero-order valence-electron chi connectivity index (χ0n) is 16.0. The summed E-state index contributed by atoms with van der Waals surface area (Å²) >= 11 is 7.32. The van der Waals surface area contributed by atoms with Gasteiger partial charge in [-0.15, -0.1) is 11.3 Å². The van der Waals surface area contributed by atoms with E-state index < -0.39 is 0 Å². The maximum absolute atomic E-state index is 12.5. The van der Waals surface area contributed by atoms with Crippen LogP contribution in [0.5, 0.6) is 0 Å². The van der Waals surface area contributed by atoms with Crippen molar-refractivity contribution in [3.05, 3.63) is 82.3 Å². The number of hydrogen-bond acceptors (Lipinski definition) is 4. The highest BCUT2D eigenvalue weighted by atomic mass is 32.1. The standard InChI is InChI=1S/C22H22N4OS2/c1-15-7-9-16(10-8-15)24-19(27)11-13-26-21(18-6-4-14-29-18)20(25-22(26)28)17-5-2-3-12-23-17/h2-10,12,14,20-21H,11,13H2,1H3,(H,24,27)(H,25,28)/t20-,21-/m0/s1. The molecule has 0 spiro atoms. The number of anilines is 1. The van der Waals surface area contributed by atoms with Crippen LogP contribution in [-0.2, 0) is 4.79 Å². The first kappa shape index (κ1) is 19.5. The van der Waals surface area contributed by atoms with Gasteiger partial charge in [0.05, 0.1) is 17.8 Å². The van der Waals surface area contributed by atoms with Crippen molar-refractivity contribution in [2.75, 3.05) is 11.9 Å². The molecule has 2 N–H and O–H groups in total. The third-order valence-corrected chi connectivity index (χ3v) is 6.24. The average Bonchev–Trinajstić information content (AvgIpc) is 3.36. The van der Waals surface area contributed by atoms with E-state index in [1.165, 1.54) is 4.88 Å². The number of nitrogens with zero attached hydrogens (tertiary/aromatic N) is 2. The maximum atomic E-state index is 12.5. The molecule has 0 unspecified atom stereocenters. The Hall–Kier alpha value is -2.77. The molecule has 1 aliphatic rings. The zero-order valence-corrected chi connectivity index (χ0v) is 17.7. The summed E-state index contributed by atoms with van der Waals surface area (Å²) in [6.45, 7) is 2.56. The number of pyridine rings is 1. The van der Waals surface area contributed by atoms with Gasteiger partial charge in [-0.25, -0.2) is 0 Å². The number of aryl methyl sites for hydroxylation is 1. The molecule has 1 amide bonds. The minimum Gasteiger partial charge on any atom is -0.352 e. The number of hydrogen-bond donors (Lipinski definition) is 2. The molecule has 29 heavy (non-hydrogen) atoms. The number of carbonyl (C=O) groups is 1. The fraction of sp³-hybridized carbons (Fsp3) is 0.227. The Bertz CT molecular complexity index is 974. The molecule has 0 radical (unpaired) electrons. The van der Waals surface area contributed by atoms with Crippen LogP contribution in [-0.4, -0.2) is 27.4 Å². The van der Waals surface area contributed by atoms with E-state index in [0.717, 1.165) is 16.9 Å². The summed E-state index contributed by atoms with van der Waals surface area (Å²) in [5.74, 6) is -0.0251. The quantitative estimate of drug-likeness (QED) is 0.575. The smallest absolute Gasteiger partial charge is 0.226 e. The van der Waals surface area contributed by atoms with Crippen molar-refractivity contribution in [3.8, 4) is 0 Å². The normalized spacial score (nSPS) is 18.5. The molecule has 1 saturated heterocycles. The van der Waals surface area contributed by atoms with Gasteiger partial charge < -0.3 is 15.5 Å². The van der Waals surface area contributed by atoms with Crippen LogP contribution in [0.25, 0.3) is 0 Å². The van der Waals surface area contributed by atoms with Crippen LogP contribution in [0.4, 0.5) is 5.69 Å². The molecule has 148 valence electrons. The first-order valence-electron chi connectivity index (χ1n) is 9.50. The van der Waals surface area contributed by atoms with E-state index in [1.54, 1.807) is 17.5 Å².